The maximum absolute atomic E-state index is 13.5. The summed E-state index contributed by atoms with van der Waals surface area (Å²) in [6, 6.07) is 18.1. The van der Waals surface area contributed by atoms with Crippen LogP contribution >= 0.6 is 0 Å². The molecule has 126 valence electrons. The second-order valence-corrected chi connectivity index (χ2v) is 5.14. The lowest BCUT2D eigenvalue weighted by Gasteiger charge is -2.10. The summed E-state index contributed by atoms with van der Waals surface area (Å²) in [5.74, 6) is -0.0573. The molecule has 0 fully saturated rings. The third-order valence-electron chi connectivity index (χ3n) is 3.27. The summed E-state index contributed by atoms with van der Waals surface area (Å²) in [5, 5.41) is 4.79. The number of carbonyl (C=O) groups excluding carboxylic acids is 1. The zero-order valence-corrected chi connectivity index (χ0v) is 13.0. The SMILES string of the molecule is O=C(Nc1ccc(Oc2ccccc2)cc1)Nc1cc(F)ccc1F. The van der Waals surface area contributed by atoms with E-state index in [0.717, 1.165) is 18.2 Å². The van der Waals surface area contributed by atoms with Gasteiger partial charge in [0.2, 0.25) is 0 Å². The highest BCUT2D eigenvalue weighted by molar-refractivity contribution is 5.99. The minimum atomic E-state index is -0.719. The second kappa shape index (κ2) is 7.44. The van der Waals surface area contributed by atoms with Gasteiger partial charge in [-0.3, -0.25) is 0 Å². The van der Waals surface area contributed by atoms with Crippen molar-refractivity contribution in [3.63, 3.8) is 0 Å². The normalized spacial score (nSPS) is 10.2. The highest BCUT2D eigenvalue weighted by Crippen LogP contribution is 2.23. The summed E-state index contributed by atoms with van der Waals surface area (Å²) in [4.78, 5) is 11.9. The minimum Gasteiger partial charge on any atom is -0.457 e. The molecule has 2 amide bonds. The summed E-state index contributed by atoms with van der Waals surface area (Å²) in [7, 11) is 0. The first kappa shape index (κ1) is 16.4. The predicted octanol–water partition coefficient (Wildman–Crippen LogP) is 5.40. The standard InChI is InChI=1S/C19H14F2N2O2/c20-13-6-11-17(21)18(12-13)23-19(24)22-14-7-9-16(10-8-14)25-15-4-2-1-3-5-15/h1-12H,(H2,22,23,24). The van der Waals surface area contributed by atoms with Gasteiger partial charge in [0, 0.05) is 11.8 Å². The Labute approximate surface area is 143 Å². The van der Waals surface area contributed by atoms with Crippen molar-refractivity contribution in [2.45, 2.75) is 0 Å². The van der Waals surface area contributed by atoms with Crippen LogP contribution in [0.15, 0.2) is 72.8 Å². The molecular weight excluding hydrogens is 326 g/mol. The van der Waals surface area contributed by atoms with Crippen molar-refractivity contribution in [3.8, 4) is 11.5 Å². The van der Waals surface area contributed by atoms with Gasteiger partial charge < -0.3 is 15.4 Å². The van der Waals surface area contributed by atoms with E-state index in [1.54, 1.807) is 24.3 Å². The molecule has 0 unspecified atom stereocenters. The fourth-order valence-corrected chi connectivity index (χ4v) is 2.11. The average molecular weight is 340 g/mol. The third-order valence-corrected chi connectivity index (χ3v) is 3.27. The van der Waals surface area contributed by atoms with Gasteiger partial charge in [-0.15, -0.1) is 0 Å². The first-order valence-corrected chi connectivity index (χ1v) is 7.46. The molecule has 0 aromatic heterocycles. The summed E-state index contributed by atoms with van der Waals surface area (Å²) in [5.41, 5.74) is 0.247. The van der Waals surface area contributed by atoms with Gasteiger partial charge in [-0.05, 0) is 48.5 Å². The molecule has 0 saturated heterocycles. The van der Waals surface area contributed by atoms with E-state index in [4.69, 9.17) is 4.74 Å². The molecule has 2 N–H and O–H groups in total. The molecular formula is C19H14F2N2O2. The maximum Gasteiger partial charge on any atom is 0.323 e. The van der Waals surface area contributed by atoms with E-state index in [2.05, 4.69) is 10.6 Å². The van der Waals surface area contributed by atoms with Gasteiger partial charge in [-0.1, -0.05) is 18.2 Å². The Balaban J connectivity index is 1.61. The molecule has 0 heterocycles. The molecule has 3 aromatic rings. The largest absolute Gasteiger partial charge is 0.457 e. The first-order chi connectivity index (χ1) is 12.1. The maximum atomic E-state index is 13.5. The van der Waals surface area contributed by atoms with E-state index < -0.39 is 17.7 Å². The summed E-state index contributed by atoms with van der Waals surface area (Å²) >= 11 is 0. The van der Waals surface area contributed by atoms with Crippen molar-refractivity contribution in [1.29, 1.82) is 0 Å². The summed E-state index contributed by atoms with van der Waals surface area (Å²) < 4.78 is 32.2. The van der Waals surface area contributed by atoms with Crippen LogP contribution in [0.4, 0.5) is 25.0 Å². The molecule has 0 radical (unpaired) electrons. The van der Waals surface area contributed by atoms with Crippen molar-refractivity contribution >= 4 is 17.4 Å². The zero-order chi connectivity index (χ0) is 17.6. The van der Waals surface area contributed by atoms with Gasteiger partial charge in [0.15, 0.2) is 0 Å². The van der Waals surface area contributed by atoms with Crippen LogP contribution in [0.25, 0.3) is 0 Å². The van der Waals surface area contributed by atoms with E-state index in [9.17, 15) is 13.6 Å². The smallest absolute Gasteiger partial charge is 0.323 e. The van der Waals surface area contributed by atoms with Crippen molar-refractivity contribution in [1.82, 2.24) is 0 Å². The Morgan fingerprint density at radius 2 is 1.48 bits per heavy atom. The Morgan fingerprint density at radius 3 is 2.20 bits per heavy atom. The fourth-order valence-electron chi connectivity index (χ4n) is 2.11. The quantitative estimate of drug-likeness (QED) is 0.668. The number of halogens is 2. The highest BCUT2D eigenvalue weighted by atomic mass is 19.1. The van der Waals surface area contributed by atoms with Crippen LogP contribution in [0.2, 0.25) is 0 Å². The van der Waals surface area contributed by atoms with E-state index in [0.29, 0.717) is 17.2 Å². The summed E-state index contributed by atoms with van der Waals surface area (Å²) in [6.07, 6.45) is 0. The molecule has 0 aliphatic heterocycles. The van der Waals surface area contributed by atoms with Crippen LogP contribution in [-0.2, 0) is 0 Å². The molecule has 3 aromatic carbocycles. The lowest BCUT2D eigenvalue weighted by molar-refractivity contribution is 0.262. The van der Waals surface area contributed by atoms with Crippen LogP contribution in [0.5, 0.6) is 11.5 Å². The molecule has 4 nitrogen and oxygen atoms in total. The number of benzene rings is 3. The van der Waals surface area contributed by atoms with Gasteiger partial charge in [0.1, 0.15) is 23.1 Å². The van der Waals surface area contributed by atoms with Crippen molar-refractivity contribution < 1.29 is 18.3 Å². The Bertz CT molecular complexity index is 868. The summed E-state index contributed by atoms with van der Waals surface area (Å²) in [6.45, 7) is 0. The third kappa shape index (κ3) is 4.54. The van der Waals surface area contributed by atoms with Crippen molar-refractivity contribution in [2.24, 2.45) is 0 Å². The number of carbonyl (C=O) groups is 1. The molecule has 0 aliphatic carbocycles. The van der Waals surface area contributed by atoms with E-state index in [-0.39, 0.29) is 5.69 Å². The Kier molecular flexibility index (Phi) is 4.89. The van der Waals surface area contributed by atoms with E-state index in [1.807, 2.05) is 30.3 Å². The van der Waals surface area contributed by atoms with Crippen LogP contribution in [0, 0.1) is 11.6 Å². The number of anilines is 2. The number of hydrogen-bond donors (Lipinski definition) is 2. The van der Waals surface area contributed by atoms with Gasteiger partial charge in [0.05, 0.1) is 5.69 Å². The molecule has 3 rings (SSSR count). The van der Waals surface area contributed by atoms with Gasteiger partial charge in [-0.2, -0.15) is 0 Å². The molecule has 0 bridgehead atoms. The molecule has 6 heteroatoms. The molecule has 0 spiro atoms. The number of para-hydroxylation sites is 1. The average Bonchev–Trinajstić information content (AvgIpc) is 2.61. The second-order valence-electron chi connectivity index (χ2n) is 5.14. The number of urea groups is 1. The number of nitrogens with one attached hydrogen (secondary N) is 2. The van der Waals surface area contributed by atoms with Crippen LogP contribution in [0.3, 0.4) is 0 Å². The lowest BCUT2D eigenvalue weighted by Crippen LogP contribution is -2.20. The monoisotopic (exact) mass is 340 g/mol. The molecule has 0 saturated carbocycles. The van der Waals surface area contributed by atoms with Gasteiger partial charge >= 0.3 is 6.03 Å². The van der Waals surface area contributed by atoms with Crippen LogP contribution in [-0.4, -0.2) is 6.03 Å². The number of rotatable bonds is 4. The molecule has 0 aliphatic rings. The van der Waals surface area contributed by atoms with Crippen LogP contribution in [0.1, 0.15) is 0 Å². The fraction of sp³-hybridized carbons (Fsp3) is 0. The minimum absolute atomic E-state index is 0.235. The number of amides is 2. The number of ether oxygens (including phenoxy) is 1. The van der Waals surface area contributed by atoms with Crippen molar-refractivity contribution in [2.75, 3.05) is 10.6 Å². The first-order valence-electron chi connectivity index (χ1n) is 7.46. The van der Waals surface area contributed by atoms with Crippen molar-refractivity contribution in [3.05, 3.63) is 84.4 Å². The lowest BCUT2D eigenvalue weighted by atomic mass is 10.3. The molecule has 0 atom stereocenters. The Hall–Kier alpha value is -3.41. The van der Waals surface area contributed by atoms with Gasteiger partial charge in [0.25, 0.3) is 0 Å². The highest BCUT2D eigenvalue weighted by Gasteiger charge is 2.08. The topological polar surface area (TPSA) is 50.4 Å². The van der Waals surface area contributed by atoms with E-state index >= 15 is 0 Å². The Morgan fingerprint density at radius 1 is 0.800 bits per heavy atom. The van der Waals surface area contributed by atoms with E-state index in [1.165, 1.54) is 0 Å². The van der Waals surface area contributed by atoms with Crippen LogP contribution < -0.4 is 15.4 Å². The zero-order valence-electron chi connectivity index (χ0n) is 13.0. The number of hydrogen-bond acceptors (Lipinski definition) is 2. The van der Waals surface area contributed by atoms with Gasteiger partial charge in [-0.25, -0.2) is 13.6 Å². The predicted molar refractivity (Wildman–Crippen MR) is 92.0 cm³/mol. The molecule has 25 heavy (non-hydrogen) atoms.